The van der Waals surface area contributed by atoms with E-state index in [0.717, 1.165) is 18.7 Å². The van der Waals surface area contributed by atoms with Gasteiger partial charge >= 0.3 is 0 Å². The predicted molar refractivity (Wildman–Crippen MR) is 76.7 cm³/mol. The molecule has 7 heteroatoms. The maximum atomic E-state index is 12.5. The van der Waals surface area contributed by atoms with Crippen LogP contribution in [0.2, 0.25) is 0 Å². The Hall–Kier alpha value is -1.92. The Morgan fingerprint density at radius 3 is 2.95 bits per heavy atom. The van der Waals surface area contributed by atoms with Gasteiger partial charge in [0.05, 0.1) is 6.04 Å². The molecule has 20 heavy (non-hydrogen) atoms. The largest absolute Gasteiger partial charge is 0.328 e. The Balaban J connectivity index is 0.00000147. The Morgan fingerprint density at radius 1 is 1.35 bits per heavy atom. The van der Waals surface area contributed by atoms with Gasteiger partial charge in [-0.05, 0) is 17.7 Å². The van der Waals surface area contributed by atoms with Gasteiger partial charge < -0.3 is 10.2 Å². The summed E-state index contributed by atoms with van der Waals surface area (Å²) in [5.41, 5.74) is 1.57. The van der Waals surface area contributed by atoms with E-state index in [9.17, 15) is 4.79 Å². The van der Waals surface area contributed by atoms with Crippen molar-refractivity contribution in [1.82, 2.24) is 25.4 Å². The number of halogens is 1. The normalized spacial score (nSPS) is 18.4. The summed E-state index contributed by atoms with van der Waals surface area (Å²) < 4.78 is 0. The Morgan fingerprint density at radius 2 is 2.25 bits per heavy atom. The summed E-state index contributed by atoms with van der Waals surface area (Å²) in [6.07, 6.45) is 5.14. The first-order chi connectivity index (χ1) is 9.36. The standard InChI is InChI=1S/C13H15N5O.ClH/c19-13(11-3-5-16-17-11)18-7-6-15-9-12(18)10-2-1-4-14-8-10;/h1-5,8,12,15H,6-7,9H2,(H,16,17);1H. The molecule has 6 nitrogen and oxygen atoms in total. The minimum absolute atomic E-state index is 0. The number of carbonyl (C=O) groups excluding carboxylic acids is 1. The number of aromatic nitrogens is 3. The first-order valence-corrected chi connectivity index (χ1v) is 6.27. The van der Waals surface area contributed by atoms with E-state index in [4.69, 9.17) is 0 Å². The van der Waals surface area contributed by atoms with Crippen molar-refractivity contribution < 1.29 is 4.79 Å². The lowest BCUT2D eigenvalue weighted by Crippen LogP contribution is -2.48. The Kier molecular flexibility index (Phi) is 4.70. The van der Waals surface area contributed by atoms with Crippen molar-refractivity contribution in [2.24, 2.45) is 0 Å². The number of aromatic amines is 1. The zero-order valence-corrected chi connectivity index (χ0v) is 11.6. The van der Waals surface area contributed by atoms with Gasteiger partial charge in [-0.2, -0.15) is 5.10 Å². The van der Waals surface area contributed by atoms with Crippen LogP contribution in [0.25, 0.3) is 0 Å². The van der Waals surface area contributed by atoms with Crippen LogP contribution in [0.5, 0.6) is 0 Å². The molecule has 0 saturated carbocycles. The van der Waals surface area contributed by atoms with Crippen molar-refractivity contribution in [2.75, 3.05) is 19.6 Å². The molecule has 3 rings (SSSR count). The third-order valence-corrected chi connectivity index (χ3v) is 3.30. The fourth-order valence-electron chi connectivity index (χ4n) is 2.35. The fraction of sp³-hybridized carbons (Fsp3) is 0.308. The zero-order valence-electron chi connectivity index (χ0n) is 10.8. The molecule has 1 atom stereocenters. The van der Waals surface area contributed by atoms with Crippen molar-refractivity contribution in [3.63, 3.8) is 0 Å². The Bertz CT molecular complexity index is 545. The van der Waals surface area contributed by atoms with Crippen LogP contribution >= 0.6 is 12.4 Å². The van der Waals surface area contributed by atoms with E-state index in [0.29, 0.717) is 12.2 Å². The highest BCUT2D eigenvalue weighted by Gasteiger charge is 2.29. The van der Waals surface area contributed by atoms with Crippen LogP contribution in [0.1, 0.15) is 22.1 Å². The first-order valence-electron chi connectivity index (χ1n) is 6.27. The number of carbonyl (C=O) groups is 1. The van der Waals surface area contributed by atoms with E-state index in [1.54, 1.807) is 18.5 Å². The van der Waals surface area contributed by atoms with E-state index >= 15 is 0 Å². The second-order valence-electron chi connectivity index (χ2n) is 4.48. The van der Waals surface area contributed by atoms with E-state index in [2.05, 4.69) is 20.5 Å². The van der Waals surface area contributed by atoms with Crippen LogP contribution in [-0.4, -0.2) is 45.6 Å². The van der Waals surface area contributed by atoms with E-state index in [1.165, 1.54) is 0 Å². The molecule has 1 unspecified atom stereocenters. The minimum atomic E-state index is -0.0205. The van der Waals surface area contributed by atoms with E-state index in [1.807, 2.05) is 23.2 Å². The van der Waals surface area contributed by atoms with Gasteiger partial charge in [0.15, 0.2) is 0 Å². The molecule has 1 aliphatic heterocycles. The maximum absolute atomic E-state index is 12.5. The fourth-order valence-corrected chi connectivity index (χ4v) is 2.35. The summed E-state index contributed by atoms with van der Waals surface area (Å²) in [5.74, 6) is -0.0205. The third kappa shape index (κ3) is 2.81. The number of piperazine rings is 1. The van der Waals surface area contributed by atoms with Gasteiger partial charge in [-0.15, -0.1) is 12.4 Å². The lowest BCUT2D eigenvalue weighted by atomic mass is 10.0. The van der Waals surface area contributed by atoms with Gasteiger partial charge in [-0.25, -0.2) is 0 Å². The van der Waals surface area contributed by atoms with E-state index in [-0.39, 0.29) is 24.4 Å². The van der Waals surface area contributed by atoms with Crippen molar-refractivity contribution in [2.45, 2.75) is 6.04 Å². The van der Waals surface area contributed by atoms with Crippen LogP contribution in [0.4, 0.5) is 0 Å². The average molecular weight is 294 g/mol. The van der Waals surface area contributed by atoms with Gasteiger partial charge in [0, 0.05) is 38.2 Å². The number of nitrogens with zero attached hydrogens (tertiary/aromatic N) is 3. The van der Waals surface area contributed by atoms with Gasteiger partial charge in [0.2, 0.25) is 0 Å². The molecular formula is C13H16ClN5O. The summed E-state index contributed by atoms with van der Waals surface area (Å²) in [6.45, 7) is 2.22. The molecule has 2 aromatic heterocycles. The molecule has 0 spiro atoms. The summed E-state index contributed by atoms with van der Waals surface area (Å²) >= 11 is 0. The molecule has 0 bridgehead atoms. The number of nitrogens with one attached hydrogen (secondary N) is 2. The highest BCUT2D eigenvalue weighted by Crippen LogP contribution is 2.22. The predicted octanol–water partition coefficient (Wildman–Crippen LogP) is 1.01. The monoisotopic (exact) mass is 293 g/mol. The van der Waals surface area contributed by atoms with Crippen molar-refractivity contribution in [3.8, 4) is 0 Å². The lowest BCUT2D eigenvalue weighted by Gasteiger charge is -2.36. The number of amides is 1. The molecule has 2 aromatic rings. The number of rotatable bonds is 2. The van der Waals surface area contributed by atoms with Crippen molar-refractivity contribution in [1.29, 1.82) is 0 Å². The first kappa shape index (κ1) is 14.5. The summed E-state index contributed by atoms with van der Waals surface area (Å²) in [7, 11) is 0. The van der Waals surface area contributed by atoms with Crippen LogP contribution < -0.4 is 5.32 Å². The highest BCUT2D eigenvalue weighted by atomic mass is 35.5. The van der Waals surface area contributed by atoms with Crippen molar-refractivity contribution in [3.05, 3.63) is 48.0 Å². The zero-order chi connectivity index (χ0) is 13.1. The van der Waals surface area contributed by atoms with Crippen LogP contribution in [0.3, 0.4) is 0 Å². The van der Waals surface area contributed by atoms with E-state index < -0.39 is 0 Å². The molecule has 0 aromatic carbocycles. The second kappa shape index (κ2) is 6.49. The molecule has 0 radical (unpaired) electrons. The molecule has 106 valence electrons. The molecule has 1 aliphatic rings. The van der Waals surface area contributed by atoms with Crippen molar-refractivity contribution >= 4 is 18.3 Å². The third-order valence-electron chi connectivity index (χ3n) is 3.30. The maximum Gasteiger partial charge on any atom is 0.272 e. The van der Waals surface area contributed by atoms with Crippen LogP contribution in [0, 0.1) is 0 Å². The quantitative estimate of drug-likeness (QED) is 0.867. The average Bonchev–Trinajstić information content (AvgIpc) is 3.02. The number of hydrogen-bond donors (Lipinski definition) is 2. The second-order valence-corrected chi connectivity index (χ2v) is 4.48. The van der Waals surface area contributed by atoms with Gasteiger partial charge in [-0.1, -0.05) is 6.07 Å². The van der Waals surface area contributed by atoms with Gasteiger partial charge in [0.1, 0.15) is 5.69 Å². The van der Waals surface area contributed by atoms with Crippen LogP contribution in [-0.2, 0) is 0 Å². The molecule has 2 N–H and O–H groups in total. The molecule has 0 aliphatic carbocycles. The molecule has 3 heterocycles. The Labute approximate surface area is 123 Å². The number of hydrogen-bond acceptors (Lipinski definition) is 4. The summed E-state index contributed by atoms with van der Waals surface area (Å²) in [6, 6.07) is 5.60. The molecule has 1 saturated heterocycles. The SMILES string of the molecule is Cl.O=C(c1ccn[nH]1)N1CCNCC1c1cccnc1. The molecule has 1 amide bonds. The summed E-state index contributed by atoms with van der Waals surface area (Å²) in [4.78, 5) is 18.4. The van der Waals surface area contributed by atoms with Gasteiger partial charge in [-0.3, -0.25) is 14.9 Å². The number of H-pyrrole nitrogens is 1. The molecular weight excluding hydrogens is 278 g/mol. The smallest absolute Gasteiger partial charge is 0.272 e. The summed E-state index contributed by atoms with van der Waals surface area (Å²) in [5, 5.41) is 9.88. The lowest BCUT2D eigenvalue weighted by molar-refractivity contribution is 0.0628. The highest BCUT2D eigenvalue weighted by molar-refractivity contribution is 5.92. The van der Waals surface area contributed by atoms with Gasteiger partial charge in [0.25, 0.3) is 5.91 Å². The topological polar surface area (TPSA) is 73.9 Å². The van der Waals surface area contributed by atoms with Crippen LogP contribution in [0.15, 0.2) is 36.8 Å². The molecule has 1 fully saturated rings. The minimum Gasteiger partial charge on any atom is -0.328 e. The number of pyridine rings is 1.